The number of benzene rings is 2. The molecule has 8 heteroatoms. The van der Waals surface area contributed by atoms with Crippen LogP contribution in [0, 0.1) is 20.8 Å². The van der Waals surface area contributed by atoms with Crippen LogP contribution in [0.15, 0.2) is 42.5 Å². The molecular formula is C25H35N3O4S. The highest BCUT2D eigenvalue weighted by molar-refractivity contribution is 7.92. The largest absolute Gasteiger partial charge is 0.357 e. The van der Waals surface area contributed by atoms with E-state index in [0.29, 0.717) is 18.7 Å². The summed E-state index contributed by atoms with van der Waals surface area (Å²) < 4.78 is 26.3. The fourth-order valence-corrected chi connectivity index (χ4v) is 4.67. The van der Waals surface area contributed by atoms with Crippen molar-refractivity contribution in [3.05, 3.63) is 64.7 Å². The molecule has 0 heterocycles. The molecule has 2 aromatic rings. The van der Waals surface area contributed by atoms with Gasteiger partial charge in [-0.2, -0.15) is 0 Å². The first kappa shape index (κ1) is 26.4. The van der Waals surface area contributed by atoms with E-state index in [1.54, 1.807) is 18.9 Å². The van der Waals surface area contributed by atoms with E-state index in [0.717, 1.165) is 22.3 Å². The van der Waals surface area contributed by atoms with Gasteiger partial charge in [0.2, 0.25) is 21.8 Å². The summed E-state index contributed by atoms with van der Waals surface area (Å²) in [5.41, 5.74) is 4.48. The Labute approximate surface area is 197 Å². The van der Waals surface area contributed by atoms with Gasteiger partial charge in [0, 0.05) is 26.6 Å². The van der Waals surface area contributed by atoms with Gasteiger partial charge < -0.3 is 10.2 Å². The summed E-state index contributed by atoms with van der Waals surface area (Å²) in [6.07, 6.45) is 1.64. The summed E-state index contributed by atoms with van der Waals surface area (Å²) >= 11 is 0. The SMILES string of the molecule is CNC(=O)[C@H](C)N(Cc1ccc(C)cc1)C(=O)CCCN(c1cc(C)ccc1C)S(C)(=O)=O. The van der Waals surface area contributed by atoms with E-state index in [2.05, 4.69) is 5.32 Å². The fraction of sp³-hybridized carbons (Fsp3) is 0.440. The van der Waals surface area contributed by atoms with Crippen LogP contribution >= 0.6 is 0 Å². The number of anilines is 1. The number of nitrogens with one attached hydrogen (secondary N) is 1. The minimum atomic E-state index is -3.52. The molecule has 0 radical (unpaired) electrons. The third kappa shape index (κ3) is 7.32. The lowest BCUT2D eigenvalue weighted by Gasteiger charge is -2.29. The van der Waals surface area contributed by atoms with E-state index in [1.807, 2.05) is 63.2 Å². The van der Waals surface area contributed by atoms with Gasteiger partial charge in [-0.25, -0.2) is 8.42 Å². The van der Waals surface area contributed by atoms with E-state index >= 15 is 0 Å². The average molecular weight is 474 g/mol. The maximum absolute atomic E-state index is 13.1. The molecule has 0 aliphatic rings. The zero-order valence-corrected chi connectivity index (χ0v) is 21.2. The molecule has 0 fully saturated rings. The van der Waals surface area contributed by atoms with E-state index in [-0.39, 0.29) is 24.8 Å². The van der Waals surface area contributed by atoms with Crippen molar-refractivity contribution in [2.45, 2.75) is 53.1 Å². The van der Waals surface area contributed by atoms with Crippen LogP contribution in [0.25, 0.3) is 0 Å². The minimum Gasteiger partial charge on any atom is -0.357 e. The Morgan fingerprint density at radius 1 is 1.00 bits per heavy atom. The van der Waals surface area contributed by atoms with Crippen molar-refractivity contribution < 1.29 is 18.0 Å². The number of carbonyl (C=O) groups excluding carboxylic acids is 2. The Bertz CT molecular complexity index is 1080. The summed E-state index contributed by atoms with van der Waals surface area (Å²) in [6, 6.07) is 12.8. The van der Waals surface area contributed by atoms with Gasteiger partial charge in [-0.3, -0.25) is 13.9 Å². The van der Waals surface area contributed by atoms with Crippen molar-refractivity contribution >= 4 is 27.5 Å². The number of nitrogens with zero attached hydrogens (tertiary/aromatic N) is 2. The number of hydrogen-bond acceptors (Lipinski definition) is 4. The molecule has 7 nitrogen and oxygen atoms in total. The standard InChI is InChI=1S/C25H35N3O4S/c1-18-10-13-22(14-11-18)17-27(21(4)25(30)26-5)24(29)8-7-15-28(33(6,31)32)23-16-19(2)9-12-20(23)3/h9-14,16,21H,7-8,15,17H2,1-6H3,(H,26,30)/t21-/m0/s1. The number of carbonyl (C=O) groups is 2. The van der Waals surface area contributed by atoms with E-state index in [4.69, 9.17) is 0 Å². The van der Waals surface area contributed by atoms with Gasteiger partial charge in [-0.05, 0) is 56.9 Å². The number of amides is 2. The molecule has 33 heavy (non-hydrogen) atoms. The van der Waals surface area contributed by atoms with Crippen molar-refractivity contribution in [1.29, 1.82) is 0 Å². The topological polar surface area (TPSA) is 86.8 Å². The van der Waals surface area contributed by atoms with Crippen LogP contribution in [-0.2, 0) is 26.2 Å². The monoisotopic (exact) mass is 473 g/mol. The van der Waals surface area contributed by atoms with Gasteiger partial charge in [-0.1, -0.05) is 42.0 Å². The van der Waals surface area contributed by atoms with Crippen LogP contribution in [0.5, 0.6) is 0 Å². The van der Waals surface area contributed by atoms with Crippen LogP contribution in [0.3, 0.4) is 0 Å². The van der Waals surface area contributed by atoms with Crippen molar-refractivity contribution in [1.82, 2.24) is 10.2 Å². The molecule has 0 aromatic heterocycles. The highest BCUT2D eigenvalue weighted by atomic mass is 32.2. The van der Waals surface area contributed by atoms with Gasteiger partial charge in [0.25, 0.3) is 0 Å². The molecular weight excluding hydrogens is 438 g/mol. The van der Waals surface area contributed by atoms with Crippen LogP contribution in [-0.4, -0.2) is 51.0 Å². The maximum Gasteiger partial charge on any atom is 0.242 e. The fourth-order valence-electron chi connectivity index (χ4n) is 3.65. The second-order valence-electron chi connectivity index (χ2n) is 8.53. The van der Waals surface area contributed by atoms with Crippen LogP contribution in [0.1, 0.15) is 42.0 Å². The summed E-state index contributed by atoms with van der Waals surface area (Å²) in [7, 11) is -1.97. The summed E-state index contributed by atoms with van der Waals surface area (Å²) in [5.74, 6) is -0.440. The third-order valence-electron chi connectivity index (χ3n) is 5.67. The Hall–Kier alpha value is -2.87. The number of rotatable bonds is 10. The molecule has 2 amide bonds. The first-order chi connectivity index (χ1) is 15.4. The summed E-state index contributed by atoms with van der Waals surface area (Å²) in [6.45, 7) is 7.96. The smallest absolute Gasteiger partial charge is 0.242 e. The molecule has 1 atom stereocenters. The molecule has 0 unspecified atom stereocenters. The molecule has 180 valence electrons. The van der Waals surface area contributed by atoms with Crippen LogP contribution in [0.4, 0.5) is 5.69 Å². The second kappa shape index (κ2) is 11.3. The van der Waals surface area contributed by atoms with Gasteiger partial charge in [0.15, 0.2) is 0 Å². The molecule has 0 saturated heterocycles. The lowest BCUT2D eigenvalue weighted by atomic mass is 10.1. The lowest BCUT2D eigenvalue weighted by Crippen LogP contribution is -2.46. The lowest BCUT2D eigenvalue weighted by molar-refractivity contribution is -0.140. The number of aryl methyl sites for hydroxylation is 3. The zero-order chi connectivity index (χ0) is 24.8. The Morgan fingerprint density at radius 2 is 1.61 bits per heavy atom. The highest BCUT2D eigenvalue weighted by Gasteiger charge is 2.26. The van der Waals surface area contributed by atoms with Crippen molar-refractivity contribution in [3.63, 3.8) is 0 Å². The van der Waals surface area contributed by atoms with E-state index in [1.165, 1.54) is 10.6 Å². The molecule has 2 aromatic carbocycles. The molecule has 0 aliphatic carbocycles. The van der Waals surface area contributed by atoms with Crippen LogP contribution in [0.2, 0.25) is 0 Å². The maximum atomic E-state index is 13.1. The first-order valence-electron chi connectivity index (χ1n) is 11.1. The number of hydrogen-bond donors (Lipinski definition) is 1. The summed E-state index contributed by atoms with van der Waals surface area (Å²) in [4.78, 5) is 27.0. The van der Waals surface area contributed by atoms with Gasteiger partial charge >= 0.3 is 0 Å². The van der Waals surface area contributed by atoms with Gasteiger partial charge in [0.1, 0.15) is 6.04 Å². The molecule has 0 saturated carbocycles. The Morgan fingerprint density at radius 3 is 2.18 bits per heavy atom. The highest BCUT2D eigenvalue weighted by Crippen LogP contribution is 2.24. The van der Waals surface area contributed by atoms with E-state index < -0.39 is 16.1 Å². The first-order valence-corrected chi connectivity index (χ1v) is 12.9. The zero-order valence-electron chi connectivity index (χ0n) is 20.4. The quantitative estimate of drug-likeness (QED) is 0.574. The molecule has 0 spiro atoms. The third-order valence-corrected chi connectivity index (χ3v) is 6.85. The average Bonchev–Trinajstić information content (AvgIpc) is 2.76. The van der Waals surface area contributed by atoms with Crippen molar-refractivity contribution in [2.75, 3.05) is 24.2 Å². The molecule has 1 N–H and O–H groups in total. The normalized spacial score (nSPS) is 12.2. The van der Waals surface area contributed by atoms with E-state index in [9.17, 15) is 18.0 Å². The minimum absolute atomic E-state index is 0.129. The van der Waals surface area contributed by atoms with Crippen molar-refractivity contribution in [3.8, 4) is 0 Å². The Balaban J connectivity index is 2.17. The number of likely N-dealkylation sites (N-methyl/N-ethyl adjacent to an activating group) is 1. The van der Waals surface area contributed by atoms with Gasteiger partial charge in [-0.15, -0.1) is 0 Å². The summed E-state index contributed by atoms with van der Waals surface area (Å²) in [5, 5.41) is 2.60. The second-order valence-corrected chi connectivity index (χ2v) is 10.4. The van der Waals surface area contributed by atoms with Crippen LogP contribution < -0.4 is 9.62 Å². The molecule has 0 aliphatic heterocycles. The van der Waals surface area contributed by atoms with Crippen molar-refractivity contribution in [2.24, 2.45) is 0 Å². The van der Waals surface area contributed by atoms with Gasteiger partial charge in [0.05, 0.1) is 11.9 Å². The predicted molar refractivity (Wildman–Crippen MR) is 133 cm³/mol. The number of sulfonamides is 1. The Kier molecular flexibility index (Phi) is 9.05. The predicted octanol–water partition coefficient (Wildman–Crippen LogP) is 3.32. The molecule has 0 bridgehead atoms. The molecule has 2 rings (SSSR count).